The van der Waals surface area contributed by atoms with E-state index in [4.69, 9.17) is 9.73 Å². The third-order valence-corrected chi connectivity index (χ3v) is 5.57. The van der Waals surface area contributed by atoms with Gasteiger partial charge in [-0.1, -0.05) is 18.2 Å². The molecule has 1 fully saturated rings. The Morgan fingerprint density at radius 3 is 2.65 bits per heavy atom. The largest absolute Gasteiger partial charge is 0.491 e. The van der Waals surface area contributed by atoms with Crippen LogP contribution in [0.15, 0.2) is 47.5 Å². The van der Waals surface area contributed by atoms with Gasteiger partial charge in [-0.3, -0.25) is 4.99 Å². The van der Waals surface area contributed by atoms with Crippen LogP contribution < -0.4 is 10.1 Å². The van der Waals surface area contributed by atoms with Gasteiger partial charge in [-0.25, -0.2) is 0 Å². The lowest BCUT2D eigenvalue weighted by atomic mass is 10.00. The Morgan fingerprint density at radius 1 is 1.19 bits per heavy atom. The molecule has 31 heavy (non-hydrogen) atoms. The smallest absolute Gasteiger partial charge is 0.416 e. The second-order valence-corrected chi connectivity index (χ2v) is 8.03. The number of fused-ring (bicyclic) bond motifs is 1. The van der Waals surface area contributed by atoms with E-state index in [1.54, 1.807) is 6.92 Å². The van der Waals surface area contributed by atoms with Crippen molar-refractivity contribution in [1.82, 2.24) is 10.2 Å². The average Bonchev–Trinajstić information content (AvgIpc) is 3.11. The molecule has 0 spiro atoms. The molecule has 0 amide bonds. The number of rotatable bonds is 4. The molecule has 2 atom stereocenters. The van der Waals surface area contributed by atoms with Crippen molar-refractivity contribution >= 4 is 5.84 Å². The summed E-state index contributed by atoms with van der Waals surface area (Å²) < 4.78 is 44.5. The molecule has 2 aliphatic rings. The standard InChI is InChI=1S/C23H26F3N3O2/c1-15(30)13-28-19-8-10-29(14-19)22-20-12-17(4-7-21(20)31-11-9-27-22)16-2-5-18(6-3-16)23(24,25)26/h2-7,12,15,19,28,30H,8-11,13-14H2,1H3/t15?,19-/m1/s1. The van der Waals surface area contributed by atoms with Gasteiger partial charge in [-0.15, -0.1) is 0 Å². The van der Waals surface area contributed by atoms with Gasteiger partial charge in [0.05, 0.1) is 23.8 Å². The summed E-state index contributed by atoms with van der Waals surface area (Å²) in [6, 6.07) is 11.1. The van der Waals surface area contributed by atoms with E-state index in [2.05, 4.69) is 10.2 Å². The minimum absolute atomic E-state index is 0.267. The van der Waals surface area contributed by atoms with E-state index >= 15 is 0 Å². The van der Waals surface area contributed by atoms with Gasteiger partial charge in [0.1, 0.15) is 18.2 Å². The average molecular weight is 433 g/mol. The van der Waals surface area contributed by atoms with Crippen molar-refractivity contribution in [3.05, 3.63) is 53.6 Å². The molecule has 166 valence electrons. The molecule has 2 aromatic carbocycles. The number of halogens is 3. The number of aliphatic hydroxyl groups is 1. The minimum atomic E-state index is -4.35. The van der Waals surface area contributed by atoms with Gasteiger partial charge in [0.15, 0.2) is 0 Å². The Morgan fingerprint density at radius 2 is 1.94 bits per heavy atom. The van der Waals surface area contributed by atoms with Crippen LogP contribution in [0.5, 0.6) is 5.75 Å². The fourth-order valence-electron chi connectivity index (χ4n) is 3.98. The summed E-state index contributed by atoms with van der Waals surface area (Å²) in [5.41, 5.74) is 1.71. The second kappa shape index (κ2) is 8.88. The molecule has 2 aliphatic heterocycles. The lowest BCUT2D eigenvalue weighted by Crippen LogP contribution is -2.38. The van der Waals surface area contributed by atoms with E-state index < -0.39 is 17.8 Å². The number of alkyl halides is 3. The van der Waals surface area contributed by atoms with E-state index in [-0.39, 0.29) is 6.04 Å². The lowest BCUT2D eigenvalue weighted by molar-refractivity contribution is -0.137. The van der Waals surface area contributed by atoms with Gasteiger partial charge < -0.3 is 20.1 Å². The number of amidine groups is 1. The van der Waals surface area contributed by atoms with E-state index in [1.165, 1.54) is 12.1 Å². The summed E-state index contributed by atoms with van der Waals surface area (Å²) in [7, 11) is 0. The van der Waals surface area contributed by atoms with E-state index in [1.807, 2.05) is 18.2 Å². The van der Waals surface area contributed by atoms with Crippen molar-refractivity contribution in [2.24, 2.45) is 4.99 Å². The quantitative estimate of drug-likeness (QED) is 0.774. The van der Waals surface area contributed by atoms with Gasteiger partial charge in [0, 0.05) is 25.7 Å². The lowest BCUT2D eigenvalue weighted by Gasteiger charge is -2.22. The number of nitrogens with one attached hydrogen (secondary N) is 1. The Bertz CT molecular complexity index is 942. The minimum Gasteiger partial charge on any atom is -0.491 e. The highest BCUT2D eigenvalue weighted by Crippen LogP contribution is 2.33. The molecule has 1 saturated heterocycles. The van der Waals surface area contributed by atoms with E-state index in [0.29, 0.717) is 25.3 Å². The summed E-state index contributed by atoms with van der Waals surface area (Å²) in [5, 5.41) is 12.9. The topological polar surface area (TPSA) is 57.1 Å². The monoisotopic (exact) mass is 433 g/mol. The maximum atomic E-state index is 12.9. The zero-order valence-electron chi connectivity index (χ0n) is 17.3. The first kappa shape index (κ1) is 21.6. The van der Waals surface area contributed by atoms with Crippen LogP contribution in [0.3, 0.4) is 0 Å². The van der Waals surface area contributed by atoms with Crippen LogP contribution in [0, 0.1) is 0 Å². The SMILES string of the molecule is CC(O)CN[C@@H]1CCN(C2=NCCOc3ccc(-c4ccc(C(F)(F)F)cc4)cc32)C1. The molecule has 1 unspecified atom stereocenters. The number of nitrogens with zero attached hydrogens (tertiary/aromatic N) is 2. The maximum absolute atomic E-state index is 12.9. The fourth-order valence-corrected chi connectivity index (χ4v) is 3.98. The first-order valence-corrected chi connectivity index (χ1v) is 10.5. The summed E-state index contributed by atoms with van der Waals surface area (Å²) in [6.07, 6.45) is -3.81. The van der Waals surface area contributed by atoms with E-state index in [9.17, 15) is 18.3 Å². The number of benzene rings is 2. The van der Waals surface area contributed by atoms with Crippen molar-refractivity contribution < 1.29 is 23.0 Å². The van der Waals surface area contributed by atoms with Crippen LogP contribution in [0.4, 0.5) is 13.2 Å². The molecule has 2 aromatic rings. The normalized spacial score (nSPS) is 20.0. The molecule has 5 nitrogen and oxygen atoms in total. The number of ether oxygens (including phenoxy) is 1. The van der Waals surface area contributed by atoms with Crippen molar-refractivity contribution in [3.8, 4) is 16.9 Å². The van der Waals surface area contributed by atoms with Crippen LogP contribution in [-0.2, 0) is 6.18 Å². The van der Waals surface area contributed by atoms with Crippen molar-refractivity contribution in [2.75, 3.05) is 32.8 Å². The molecule has 0 aliphatic carbocycles. The van der Waals surface area contributed by atoms with E-state index in [0.717, 1.165) is 54.4 Å². The third kappa shape index (κ3) is 5.02. The number of aliphatic imine (C=N–C) groups is 1. The van der Waals surface area contributed by atoms with Crippen LogP contribution >= 0.6 is 0 Å². The third-order valence-electron chi connectivity index (χ3n) is 5.57. The van der Waals surface area contributed by atoms with Gasteiger partial charge in [-0.05, 0) is 48.7 Å². The molecule has 0 aromatic heterocycles. The molecular formula is C23H26F3N3O2. The first-order valence-electron chi connectivity index (χ1n) is 10.5. The molecule has 0 radical (unpaired) electrons. The van der Waals surface area contributed by atoms with Crippen molar-refractivity contribution in [2.45, 2.75) is 31.7 Å². The molecule has 4 rings (SSSR count). The Hall–Kier alpha value is -2.58. The van der Waals surface area contributed by atoms with Gasteiger partial charge in [0.2, 0.25) is 0 Å². The van der Waals surface area contributed by atoms with Crippen LogP contribution in [0.2, 0.25) is 0 Å². The highest BCUT2D eigenvalue weighted by atomic mass is 19.4. The molecule has 0 bridgehead atoms. The summed E-state index contributed by atoms with van der Waals surface area (Å²) in [5.74, 6) is 1.58. The molecule has 2 heterocycles. The number of hydrogen-bond donors (Lipinski definition) is 2. The fraction of sp³-hybridized carbons (Fsp3) is 0.435. The Labute approximate surface area is 179 Å². The summed E-state index contributed by atoms with van der Waals surface area (Å²) in [4.78, 5) is 6.96. The summed E-state index contributed by atoms with van der Waals surface area (Å²) in [6.45, 7) is 4.93. The highest BCUT2D eigenvalue weighted by Gasteiger charge is 2.30. The Balaban J connectivity index is 1.59. The van der Waals surface area contributed by atoms with Gasteiger partial charge >= 0.3 is 6.18 Å². The summed E-state index contributed by atoms with van der Waals surface area (Å²) >= 11 is 0. The van der Waals surface area contributed by atoms with Crippen LogP contribution in [0.25, 0.3) is 11.1 Å². The molecule has 2 N–H and O–H groups in total. The van der Waals surface area contributed by atoms with Crippen LogP contribution in [0.1, 0.15) is 24.5 Å². The number of hydrogen-bond acceptors (Lipinski definition) is 5. The molecule has 0 saturated carbocycles. The first-order chi connectivity index (χ1) is 14.8. The van der Waals surface area contributed by atoms with Crippen molar-refractivity contribution in [3.63, 3.8) is 0 Å². The zero-order valence-corrected chi connectivity index (χ0v) is 17.3. The molecular weight excluding hydrogens is 407 g/mol. The number of likely N-dealkylation sites (tertiary alicyclic amines) is 1. The predicted octanol–water partition coefficient (Wildman–Crippen LogP) is 3.56. The maximum Gasteiger partial charge on any atom is 0.416 e. The molecule has 8 heteroatoms. The number of aliphatic hydroxyl groups excluding tert-OH is 1. The van der Waals surface area contributed by atoms with Crippen LogP contribution in [-0.4, -0.2) is 60.8 Å². The zero-order chi connectivity index (χ0) is 22.0. The van der Waals surface area contributed by atoms with Gasteiger partial charge in [0.25, 0.3) is 0 Å². The Kier molecular flexibility index (Phi) is 6.20. The van der Waals surface area contributed by atoms with Gasteiger partial charge in [-0.2, -0.15) is 13.2 Å². The predicted molar refractivity (Wildman–Crippen MR) is 113 cm³/mol. The second-order valence-electron chi connectivity index (χ2n) is 8.03. The van der Waals surface area contributed by atoms with Crippen molar-refractivity contribution in [1.29, 1.82) is 0 Å². The highest BCUT2D eigenvalue weighted by molar-refractivity contribution is 6.02.